The number of nitrogens with zero attached hydrogens (tertiary/aromatic N) is 3. The average Bonchev–Trinajstić information content (AvgIpc) is 3.18. The van der Waals surface area contributed by atoms with Gasteiger partial charge >= 0.3 is 0 Å². The minimum Gasteiger partial charge on any atom is -0.378 e. The van der Waals surface area contributed by atoms with Crippen LogP contribution in [0.2, 0.25) is 0 Å². The molecule has 0 saturated heterocycles. The molecule has 3 aromatic heterocycles. The molecule has 0 aliphatic heterocycles. The summed E-state index contributed by atoms with van der Waals surface area (Å²) in [5.41, 5.74) is -0.0575. The van der Waals surface area contributed by atoms with E-state index in [2.05, 4.69) is 15.3 Å². The van der Waals surface area contributed by atoms with Gasteiger partial charge < -0.3 is 5.32 Å². The van der Waals surface area contributed by atoms with Gasteiger partial charge in [-0.15, -0.1) is 0 Å². The number of pyridine rings is 2. The van der Waals surface area contributed by atoms with E-state index >= 15 is 0 Å². The third kappa shape index (κ3) is 6.17. The average molecular weight is 565 g/mol. The molecule has 2 N–H and O–H groups in total. The summed E-state index contributed by atoms with van der Waals surface area (Å²) in [5.74, 6) is -2.54. The second-order valence-electron chi connectivity index (χ2n) is 9.97. The van der Waals surface area contributed by atoms with Gasteiger partial charge in [0.25, 0.3) is 10.1 Å². The van der Waals surface area contributed by atoms with E-state index in [0.717, 1.165) is 22.4 Å². The Bertz CT molecular complexity index is 1700. The fourth-order valence-corrected chi connectivity index (χ4v) is 6.36. The van der Waals surface area contributed by atoms with E-state index < -0.39 is 49.0 Å². The third-order valence-corrected chi connectivity index (χ3v) is 8.28. The normalized spacial score (nSPS) is 13.5. The Morgan fingerprint density at radius 2 is 1.71 bits per heavy atom. The van der Waals surface area contributed by atoms with Gasteiger partial charge in [0, 0.05) is 23.2 Å². The minimum absolute atomic E-state index is 0.0306. The molecule has 0 aliphatic carbocycles. The number of aromatic nitrogens is 3. The molecule has 38 heavy (non-hydrogen) atoms. The van der Waals surface area contributed by atoms with E-state index in [-0.39, 0.29) is 33.7 Å². The summed E-state index contributed by atoms with van der Waals surface area (Å²) in [7, 11) is -8.39. The molecule has 0 amide bonds. The molecule has 4 rings (SSSR count). The molecule has 13 heteroatoms. The lowest BCUT2D eigenvalue weighted by Crippen LogP contribution is -2.40. The van der Waals surface area contributed by atoms with Crippen molar-refractivity contribution in [2.45, 2.75) is 32.6 Å². The van der Waals surface area contributed by atoms with Gasteiger partial charge in [-0.2, -0.15) is 8.42 Å². The van der Waals surface area contributed by atoms with Crippen LogP contribution >= 0.6 is 0 Å². The zero-order valence-corrected chi connectivity index (χ0v) is 22.4. The first kappa shape index (κ1) is 27.6. The van der Waals surface area contributed by atoms with E-state index in [1.807, 2.05) is 0 Å². The van der Waals surface area contributed by atoms with Crippen LogP contribution in [0.5, 0.6) is 0 Å². The van der Waals surface area contributed by atoms with Crippen molar-refractivity contribution in [3.05, 3.63) is 78.3 Å². The Hall–Kier alpha value is -3.42. The largest absolute Gasteiger partial charge is 0.378 e. The van der Waals surface area contributed by atoms with Crippen molar-refractivity contribution in [3.8, 4) is 11.3 Å². The molecule has 202 valence electrons. The van der Waals surface area contributed by atoms with Crippen molar-refractivity contribution < 1.29 is 30.2 Å². The molecule has 0 fully saturated rings. The first-order valence-electron chi connectivity index (χ1n) is 11.5. The second kappa shape index (κ2) is 10.0. The highest BCUT2D eigenvalue weighted by atomic mass is 32.2. The molecule has 3 heterocycles. The van der Waals surface area contributed by atoms with Crippen LogP contribution in [-0.4, -0.2) is 47.1 Å². The van der Waals surface area contributed by atoms with Crippen LogP contribution in [-0.2, 0) is 25.9 Å². The van der Waals surface area contributed by atoms with Gasteiger partial charge in [-0.25, -0.2) is 26.2 Å². The highest BCUT2D eigenvalue weighted by Crippen LogP contribution is 2.33. The van der Waals surface area contributed by atoms with E-state index in [0.29, 0.717) is 5.56 Å². The van der Waals surface area contributed by atoms with Gasteiger partial charge in [0.05, 0.1) is 35.3 Å². The number of nitrogens with one attached hydrogen (secondary N) is 1. The topological polar surface area (TPSA) is 131 Å². The Labute approximate surface area is 219 Å². The molecule has 9 nitrogen and oxygen atoms in total. The van der Waals surface area contributed by atoms with Crippen LogP contribution in [0.1, 0.15) is 26.3 Å². The molecule has 4 aromatic rings. The SMILES string of the molecule is CC(C)(C)[C@@H](CS(=O)(=O)O)Nc1cc(-c2cn(S(=O)(=O)Cc3ccccc3)c3ncc(F)cc23)ncc1F. The van der Waals surface area contributed by atoms with Crippen LogP contribution in [0.25, 0.3) is 22.3 Å². The van der Waals surface area contributed by atoms with E-state index in [1.165, 1.54) is 12.3 Å². The molecular weight excluding hydrogens is 538 g/mol. The number of halogens is 2. The van der Waals surface area contributed by atoms with E-state index in [4.69, 9.17) is 0 Å². The Kier molecular flexibility index (Phi) is 7.30. The molecule has 0 bridgehead atoms. The number of fused-ring (bicyclic) bond motifs is 1. The second-order valence-corrected chi connectivity index (χ2v) is 13.3. The Morgan fingerprint density at radius 1 is 1.03 bits per heavy atom. The summed E-state index contributed by atoms with van der Waals surface area (Å²) >= 11 is 0. The molecule has 0 radical (unpaired) electrons. The van der Waals surface area contributed by atoms with Crippen molar-refractivity contribution in [1.82, 2.24) is 13.9 Å². The fraction of sp³-hybridized carbons (Fsp3) is 0.280. The van der Waals surface area contributed by atoms with Gasteiger partial charge in [0.1, 0.15) is 5.82 Å². The third-order valence-electron chi connectivity index (χ3n) is 5.95. The number of rotatable bonds is 8. The Morgan fingerprint density at radius 3 is 2.34 bits per heavy atom. The summed E-state index contributed by atoms with van der Waals surface area (Å²) in [6.45, 7) is 5.15. The smallest absolute Gasteiger partial charge is 0.266 e. The van der Waals surface area contributed by atoms with E-state index in [9.17, 15) is 30.2 Å². The van der Waals surface area contributed by atoms with Crippen molar-refractivity contribution in [1.29, 1.82) is 0 Å². The molecule has 1 aromatic carbocycles. The lowest BCUT2D eigenvalue weighted by Gasteiger charge is -2.31. The van der Waals surface area contributed by atoms with Gasteiger partial charge in [-0.3, -0.25) is 9.54 Å². The van der Waals surface area contributed by atoms with Gasteiger partial charge in [-0.1, -0.05) is 51.1 Å². The van der Waals surface area contributed by atoms with Crippen molar-refractivity contribution in [3.63, 3.8) is 0 Å². The lowest BCUT2D eigenvalue weighted by atomic mass is 9.87. The first-order chi connectivity index (χ1) is 17.6. The molecule has 0 spiro atoms. The highest BCUT2D eigenvalue weighted by molar-refractivity contribution is 7.89. The number of hydrogen-bond acceptors (Lipinski definition) is 7. The summed E-state index contributed by atoms with van der Waals surface area (Å²) in [6.07, 6.45) is 3.03. The van der Waals surface area contributed by atoms with Crippen LogP contribution in [0.3, 0.4) is 0 Å². The van der Waals surface area contributed by atoms with Crippen LogP contribution in [0.15, 0.2) is 61.1 Å². The summed E-state index contributed by atoms with van der Waals surface area (Å²) in [6, 6.07) is 9.99. The number of hydrogen-bond donors (Lipinski definition) is 2. The van der Waals surface area contributed by atoms with Crippen LogP contribution in [0, 0.1) is 17.0 Å². The fourth-order valence-electron chi connectivity index (χ4n) is 3.93. The first-order valence-corrected chi connectivity index (χ1v) is 14.7. The Balaban J connectivity index is 1.82. The predicted molar refractivity (Wildman–Crippen MR) is 141 cm³/mol. The minimum atomic E-state index is -4.39. The maximum Gasteiger partial charge on any atom is 0.266 e. The van der Waals surface area contributed by atoms with E-state index in [1.54, 1.807) is 51.1 Å². The zero-order valence-electron chi connectivity index (χ0n) is 20.8. The lowest BCUT2D eigenvalue weighted by molar-refractivity contribution is 0.351. The zero-order chi connectivity index (χ0) is 27.9. The molecule has 0 saturated carbocycles. The molecule has 1 atom stereocenters. The molecule has 0 unspecified atom stereocenters. The molecular formula is C25H26F2N4O5S2. The maximum atomic E-state index is 14.8. The summed E-state index contributed by atoms with van der Waals surface area (Å²) in [4.78, 5) is 8.06. The van der Waals surface area contributed by atoms with Gasteiger partial charge in [0.15, 0.2) is 11.5 Å². The van der Waals surface area contributed by atoms with Crippen molar-refractivity contribution >= 4 is 36.9 Å². The maximum absolute atomic E-state index is 14.8. The van der Waals surface area contributed by atoms with Crippen molar-refractivity contribution in [2.75, 3.05) is 11.1 Å². The monoisotopic (exact) mass is 564 g/mol. The van der Waals surface area contributed by atoms with Gasteiger partial charge in [-0.05, 0) is 23.1 Å². The van der Waals surface area contributed by atoms with Crippen molar-refractivity contribution in [2.24, 2.45) is 5.41 Å². The highest BCUT2D eigenvalue weighted by Gasteiger charge is 2.30. The quantitative estimate of drug-likeness (QED) is 0.300. The predicted octanol–water partition coefficient (Wildman–Crippen LogP) is 4.47. The van der Waals surface area contributed by atoms with Crippen LogP contribution in [0.4, 0.5) is 14.5 Å². The summed E-state index contributed by atoms with van der Waals surface area (Å²) in [5, 5.41) is 2.95. The summed E-state index contributed by atoms with van der Waals surface area (Å²) < 4.78 is 89.0. The number of benzene rings is 1. The standard InChI is InChI=1S/C25H26F2N4O5S2/c1-25(2,3)23(15-38(34,35)36)30-22-10-21(28-12-20(22)27)19-13-31(24-18(19)9-17(26)11-29-24)37(32,33)14-16-7-5-4-6-8-16/h4-13,23H,14-15H2,1-3H3,(H,28,30)(H,34,35,36)/t23-/m1/s1. The number of anilines is 1. The van der Waals surface area contributed by atoms with Gasteiger partial charge in [0.2, 0.25) is 10.0 Å². The molecule has 0 aliphatic rings. The van der Waals surface area contributed by atoms with Crippen LogP contribution < -0.4 is 5.32 Å².